The quantitative estimate of drug-likeness (QED) is 0.779. The van der Waals surface area contributed by atoms with Crippen LogP contribution >= 0.6 is 11.3 Å². The zero-order valence-electron chi connectivity index (χ0n) is 7.48. The molecule has 0 spiro atoms. The number of fused-ring (bicyclic) bond motifs is 1. The van der Waals surface area contributed by atoms with Crippen LogP contribution in [0.15, 0.2) is 29.1 Å². The van der Waals surface area contributed by atoms with E-state index in [1.54, 1.807) is 25.3 Å². The molecule has 0 radical (unpaired) electrons. The monoisotopic (exact) mass is 208 g/mol. The highest BCUT2D eigenvalue weighted by Gasteiger charge is 2.02. The first kappa shape index (κ1) is 9.02. The van der Waals surface area contributed by atoms with Gasteiger partial charge in [-0.1, -0.05) is 11.3 Å². The molecule has 0 fully saturated rings. The fraction of sp³-hybridized carbons (Fsp3) is 0.100. The van der Waals surface area contributed by atoms with Gasteiger partial charge < -0.3 is 9.84 Å². The standard InChI is InChI=1S/C10H8O3S/c1-13-6-2-3-7-8(11)5-10(12)14-9(7)4-6/h2-5,12H,1H3. The van der Waals surface area contributed by atoms with Crippen LogP contribution in [0.5, 0.6) is 10.8 Å². The smallest absolute Gasteiger partial charge is 0.191 e. The molecule has 1 aromatic carbocycles. The summed E-state index contributed by atoms with van der Waals surface area (Å²) in [6.07, 6.45) is 0. The second-order valence-electron chi connectivity index (χ2n) is 2.81. The van der Waals surface area contributed by atoms with Crippen LogP contribution in [0.1, 0.15) is 0 Å². The van der Waals surface area contributed by atoms with Crippen molar-refractivity contribution in [2.75, 3.05) is 7.11 Å². The molecule has 0 unspecified atom stereocenters. The van der Waals surface area contributed by atoms with Gasteiger partial charge in [-0.25, -0.2) is 0 Å². The Morgan fingerprint density at radius 3 is 2.86 bits per heavy atom. The SMILES string of the molecule is COc1ccc2c(=O)cc(O)sc2c1. The fourth-order valence-corrected chi connectivity index (χ4v) is 2.09. The second-order valence-corrected chi connectivity index (χ2v) is 3.87. The lowest BCUT2D eigenvalue weighted by Gasteiger charge is -2.01. The molecule has 0 aliphatic rings. The van der Waals surface area contributed by atoms with Crippen LogP contribution in [-0.2, 0) is 0 Å². The van der Waals surface area contributed by atoms with Gasteiger partial charge in [-0.3, -0.25) is 4.79 Å². The lowest BCUT2D eigenvalue weighted by atomic mass is 10.2. The van der Waals surface area contributed by atoms with E-state index in [1.165, 1.54) is 6.07 Å². The number of ether oxygens (including phenoxy) is 1. The van der Waals surface area contributed by atoms with E-state index >= 15 is 0 Å². The van der Waals surface area contributed by atoms with Gasteiger partial charge in [0.15, 0.2) is 10.5 Å². The Balaban J connectivity index is 2.82. The zero-order chi connectivity index (χ0) is 10.1. The van der Waals surface area contributed by atoms with Crippen LogP contribution in [0.4, 0.5) is 0 Å². The summed E-state index contributed by atoms with van der Waals surface area (Å²) < 4.78 is 5.76. The summed E-state index contributed by atoms with van der Waals surface area (Å²) in [7, 11) is 1.56. The van der Waals surface area contributed by atoms with Gasteiger partial charge in [0.05, 0.1) is 7.11 Å². The van der Waals surface area contributed by atoms with E-state index in [0.29, 0.717) is 11.1 Å². The molecule has 72 valence electrons. The van der Waals surface area contributed by atoms with Gasteiger partial charge >= 0.3 is 0 Å². The summed E-state index contributed by atoms with van der Waals surface area (Å²) in [6.45, 7) is 0. The molecule has 0 saturated heterocycles. The van der Waals surface area contributed by atoms with Crippen molar-refractivity contribution >= 4 is 21.4 Å². The molecule has 2 aromatic rings. The Labute approximate surface area is 84.2 Å². The predicted molar refractivity (Wildman–Crippen MR) is 56.3 cm³/mol. The summed E-state index contributed by atoms with van der Waals surface area (Å²) in [5.41, 5.74) is -0.168. The average molecular weight is 208 g/mol. The van der Waals surface area contributed by atoms with Crippen LogP contribution in [0.25, 0.3) is 10.1 Å². The van der Waals surface area contributed by atoms with Crippen molar-refractivity contribution in [2.45, 2.75) is 0 Å². The van der Waals surface area contributed by atoms with E-state index in [1.807, 2.05) is 0 Å². The molecule has 0 bridgehead atoms. The van der Waals surface area contributed by atoms with Gasteiger partial charge in [-0.05, 0) is 18.2 Å². The topological polar surface area (TPSA) is 46.5 Å². The zero-order valence-corrected chi connectivity index (χ0v) is 8.30. The molecule has 0 aliphatic heterocycles. The van der Waals surface area contributed by atoms with Gasteiger partial charge in [0, 0.05) is 16.2 Å². The van der Waals surface area contributed by atoms with E-state index in [4.69, 9.17) is 4.74 Å². The van der Waals surface area contributed by atoms with Crippen molar-refractivity contribution in [3.8, 4) is 10.8 Å². The van der Waals surface area contributed by atoms with E-state index in [-0.39, 0.29) is 10.5 Å². The van der Waals surface area contributed by atoms with E-state index in [9.17, 15) is 9.90 Å². The molecule has 0 atom stereocenters. The first-order valence-electron chi connectivity index (χ1n) is 4.01. The fourth-order valence-electron chi connectivity index (χ4n) is 1.25. The number of aromatic hydroxyl groups is 1. The van der Waals surface area contributed by atoms with Crippen molar-refractivity contribution in [3.63, 3.8) is 0 Å². The van der Waals surface area contributed by atoms with Crippen molar-refractivity contribution in [1.82, 2.24) is 0 Å². The molecule has 3 nitrogen and oxygen atoms in total. The van der Waals surface area contributed by atoms with Gasteiger partial charge in [-0.15, -0.1) is 0 Å². The second kappa shape index (κ2) is 3.31. The number of rotatable bonds is 1. The highest BCUT2D eigenvalue weighted by atomic mass is 32.1. The van der Waals surface area contributed by atoms with E-state index in [2.05, 4.69) is 0 Å². The van der Waals surface area contributed by atoms with Crippen LogP contribution in [0.3, 0.4) is 0 Å². The lowest BCUT2D eigenvalue weighted by Crippen LogP contribution is -1.97. The molecule has 1 N–H and O–H groups in total. The third kappa shape index (κ3) is 1.44. The molecule has 0 amide bonds. The summed E-state index contributed by atoms with van der Waals surface area (Å²) in [6, 6.07) is 6.39. The van der Waals surface area contributed by atoms with Crippen molar-refractivity contribution in [1.29, 1.82) is 0 Å². The molecule has 1 aromatic heterocycles. The third-order valence-electron chi connectivity index (χ3n) is 1.92. The van der Waals surface area contributed by atoms with Gasteiger partial charge in [0.25, 0.3) is 0 Å². The number of benzene rings is 1. The maximum absolute atomic E-state index is 11.4. The highest BCUT2D eigenvalue weighted by Crippen LogP contribution is 2.26. The summed E-state index contributed by atoms with van der Waals surface area (Å²) in [5, 5.41) is 9.88. The Kier molecular flexibility index (Phi) is 2.13. The summed E-state index contributed by atoms with van der Waals surface area (Å²) >= 11 is 1.16. The van der Waals surface area contributed by atoms with Gasteiger partial charge in [0.2, 0.25) is 0 Å². The summed E-state index contributed by atoms with van der Waals surface area (Å²) in [5.74, 6) is 0.679. The van der Waals surface area contributed by atoms with Crippen molar-refractivity contribution < 1.29 is 9.84 Å². The molecular formula is C10H8O3S. The average Bonchev–Trinajstić information content (AvgIpc) is 2.16. The minimum atomic E-state index is -0.168. The van der Waals surface area contributed by atoms with Crippen molar-refractivity contribution in [3.05, 3.63) is 34.5 Å². The molecule has 2 rings (SSSR count). The van der Waals surface area contributed by atoms with E-state index < -0.39 is 0 Å². The molecule has 0 aliphatic carbocycles. The highest BCUT2D eigenvalue weighted by molar-refractivity contribution is 7.20. The van der Waals surface area contributed by atoms with Gasteiger partial charge in [0.1, 0.15) is 5.75 Å². The first-order valence-corrected chi connectivity index (χ1v) is 4.83. The first-order chi connectivity index (χ1) is 6.70. The predicted octanol–water partition coefficient (Wildman–Crippen LogP) is 1.98. The third-order valence-corrected chi connectivity index (χ3v) is 2.81. The summed E-state index contributed by atoms with van der Waals surface area (Å²) in [4.78, 5) is 11.4. The Morgan fingerprint density at radius 2 is 2.14 bits per heavy atom. The molecule has 4 heteroatoms. The number of hydrogen-bond donors (Lipinski definition) is 1. The van der Waals surface area contributed by atoms with Crippen LogP contribution in [0.2, 0.25) is 0 Å². The maximum Gasteiger partial charge on any atom is 0.191 e. The largest absolute Gasteiger partial charge is 0.499 e. The Bertz CT molecular complexity index is 530. The number of methoxy groups -OCH3 is 1. The lowest BCUT2D eigenvalue weighted by molar-refractivity contribution is 0.415. The van der Waals surface area contributed by atoms with Crippen LogP contribution < -0.4 is 10.2 Å². The molecule has 1 heterocycles. The Morgan fingerprint density at radius 1 is 1.36 bits per heavy atom. The van der Waals surface area contributed by atoms with E-state index in [0.717, 1.165) is 16.0 Å². The Hall–Kier alpha value is -1.55. The molecule has 14 heavy (non-hydrogen) atoms. The minimum Gasteiger partial charge on any atom is -0.499 e. The minimum absolute atomic E-state index is 0.0238. The normalized spacial score (nSPS) is 10.4. The molecular weight excluding hydrogens is 200 g/mol. The molecule has 0 saturated carbocycles. The van der Waals surface area contributed by atoms with Crippen LogP contribution in [-0.4, -0.2) is 12.2 Å². The number of hydrogen-bond acceptors (Lipinski definition) is 4. The van der Waals surface area contributed by atoms with Crippen molar-refractivity contribution in [2.24, 2.45) is 0 Å². The maximum atomic E-state index is 11.4. The van der Waals surface area contributed by atoms with Gasteiger partial charge in [-0.2, -0.15) is 0 Å². The van der Waals surface area contributed by atoms with Crippen LogP contribution in [0, 0.1) is 0 Å².